The summed E-state index contributed by atoms with van der Waals surface area (Å²) in [6, 6.07) is 23.0. The monoisotopic (exact) mass is 621 g/mol. The third kappa shape index (κ3) is 12.6. The van der Waals surface area contributed by atoms with Gasteiger partial charge < -0.3 is 15.5 Å². The number of rotatable bonds is 10. The molecule has 232 valence electrons. The van der Waals surface area contributed by atoms with E-state index < -0.39 is 11.6 Å². The van der Waals surface area contributed by atoms with Gasteiger partial charge in [-0.15, -0.1) is 0 Å². The van der Waals surface area contributed by atoms with Crippen molar-refractivity contribution in [1.29, 1.82) is 0 Å². The standard InChI is InChI=1S/C29H30ClNO.C6H12O2S.C2H6/c1-29(2,32)27-12-4-3-10-23(27)11-6-9-21-7-5-8-22(19-21)13-17-26-18-15-24-14-16-25(30)20-28(24)31-26;1-6(2,4-9)3-5(7)8;1-2/h3-5,7-8,10,12-20,26,31-32H,6,9,11H2,1-2H3;9H,3-4H2,1-2H3,(H,7,8);1-2H3/b17-13+;;. The van der Waals surface area contributed by atoms with Crippen LogP contribution in [-0.4, -0.2) is 28.0 Å². The zero-order chi connectivity index (χ0) is 32.0. The van der Waals surface area contributed by atoms with Crippen LogP contribution in [0, 0.1) is 5.41 Å². The Kier molecular flexibility index (Phi) is 14.6. The number of fused-ring (bicyclic) bond motifs is 1. The van der Waals surface area contributed by atoms with Crippen molar-refractivity contribution in [3.63, 3.8) is 0 Å². The predicted molar refractivity (Wildman–Crippen MR) is 188 cm³/mol. The van der Waals surface area contributed by atoms with E-state index in [4.69, 9.17) is 16.7 Å². The number of nitrogens with one attached hydrogen (secondary N) is 1. The van der Waals surface area contributed by atoms with Crippen LogP contribution in [0.15, 0.2) is 78.9 Å². The molecule has 0 spiro atoms. The van der Waals surface area contributed by atoms with Crippen molar-refractivity contribution in [3.8, 4) is 0 Å². The minimum Gasteiger partial charge on any atom is -0.481 e. The van der Waals surface area contributed by atoms with Crippen LogP contribution in [0.25, 0.3) is 12.2 Å². The van der Waals surface area contributed by atoms with E-state index in [0.717, 1.165) is 41.1 Å². The summed E-state index contributed by atoms with van der Waals surface area (Å²) in [6.45, 7) is 11.5. The van der Waals surface area contributed by atoms with Crippen molar-refractivity contribution in [2.45, 2.75) is 78.9 Å². The maximum Gasteiger partial charge on any atom is 0.303 e. The van der Waals surface area contributed by atoms with E-state index in [1.807, 2.05) is 71.9 Å². The quantitative estimate of drug-likeness (QED) is 0.170. The molecular formula is C37H48ClNO3S. The lowest BCUT2D eigenvalue weighted by molar-refractivity contribution is -0.138. The number of aliphatic hydroxyl groups is 1. The highest BCUT2D eigenvalue weighted by molar-refractivity contribution is 7.80. The molecule has 6 heteroatoms. The normalized spacial score (nSPS) is 14.1. The number of aliphatic carboxylic acids is 1. The van der Waals surface area contributed by atoms with E-state index in [1.165, 1.54) is 16.7 Å². The lowest BCUT2D eigenvalue weighted by atomic mass is 9.90. The molecule has 3 aromatic rings. The van der Waals surface area contributed by atoms with Gasteiger partial charge in [0.05, 0.1) is 18.1 Å². The SMILES string of the molecule is CC.CC(C)(CS)CC(=O)O.CC(C)(O)c1ccccc1CCCc1cccc(/C=C/C2C=Cc3ccc(Cl)cc3N2)c1. The summed E-state index contributed by atoms with van der Waals surface area (Å²) in [5.41, 5.74) is 6.02. The zero-order valence-corrected chi connectivity index (χ0v) is 28.1. The fourth-order valence-corrected chi connectivity index (χ4v) is 4.98. The first-order chi connectivity index (χ1) is 20.4. The van der Waals surface area contributed by atoms with Crippen LogP contribution in [0.1, 0.15) is 82.2 Å². The van der Waals surface area contributed by atoms with Gasteiger partial charge in [-0.05, 0) is 84.2 Å². The molecule has 3 aromatic carbocycles. The maximum atomic E-state index is 10.4. The number of carboxylic acid groups (broad SMARTS) is 1. The molecule has 0 saturated heterocycles. The smallest absolute Gasteiger partial charge is 0.303 e. The summed E-state index contributed by atoms with van der Waals surface area (Å²) in [5, 5.41) is 23.0. The van der Waals surface area contributed by atoms with Crippen LogP contribution in [0.4, 0.5) is 5.69 Å². The Balaban J connectivity index is 0.000000505. The van der Waals surface area contributed by atoms with Crippen LogP contribution >= 0.6 is 24.2 Å². The molecular weight excluding hydrogens is 574 g/mol. The van der Waals surface area contributed by atoms with E-state index in [-0.39, 0.29) is 17.9 Å². The van der Waals surface area contributed by atoms with Crippen LogP contribution in [0.5, 0.6) is 0 Å². The summed E-state index contributed by atoms with van der Waals surface area (Å²) in [4.78, 5) is 10.1. The van der Waals surface area contributed by atoms with Gasteiger partial charge in [-0.3, -0.25) is 4.79 Å². The molecule has 4 rings (SSSR count). The van der Waals surface area contributed by atoms with E-state index in [9.17, 15) is 9.90 Å². The Morgan fingerprint density at radius 1 is 1.00 bits per heavy atom. The third-order valence-corrected chi connectivity index (χ3v) is 8.00. The summed E-state index contributed by atoms with van der Waals surface area (Å²) in [5.74, 6) is -0.145. The van der Waals surface area contributed by atoms with Crippen LogP contribution in [0.3, 0.4) is 0 Å². The lowest BCUT2D eigenvalue weighted by Gasteiger charge is -2.21. The van der Waals surface area contributed by atoms with Gasteiger partial charge in [0.25, 0.3) is 0 Å². The number of aryl methyl sites for hydroxylation is 2. The Morgan fingerprint density at radius 3 is 2.37 bits per heavy atom. The summed E-state index contributed by atoms with van der Waals surface area (Å²) < 4.78 is 0. The average molecular weight is 622 g/mol. The summed E-state index contributed by atoms with van der Waals surface area (Å²) in [6.07, 6.45) is 11.9. The van der Waals surface area contributed by atoms with E-state index in [2.05, 4.69) is 78.6 Å². The molecule has 0 saturated carbocycles. The minimum atomic E-state index is -0.811. The van der Waals surface area contributed by atoms with Crippen molar-refractivity contribution in [2.24, 2.45) is 5.41 Å². The summed E-state index contributed by atoms with van der Waals surface area (Å²) in [7, 11) is 0. The van der Waals surface area contributed by atoms with Crippen molar-refractivity contribution in [2.75, 3.05) is 11.1 Å². The fraction of sp³-hybridized carbons (Fsp3) is 0.378. The van der Waals surface area contributed by atoms with Gasteiger partial charge in [0, 0.05) is 10.7 Å². The molecule has 0 radical (unpaired) electrons. The van der Waals surface area contributed by atoms with Crippen LogP contribution in [0.2, 0.25) is 5.02 Å². The van der Waals surface area contributed by atoms with E-state index in [1.54, 1.807) is 0 Å². The highest BCUT2D eigenvalue weighted by atomic mass is 35.5. The maximum absolute atomic E-state index is 10.4. The number of thiol groups is 1. The lowest BCUT2D eigenvalue weighted by Crippen LogP contribution is -2.18. The van der Waals surface area contributed by atoms with Gasteiger partial charge >= 0.3 is 5.97 Å². The van der Waals surface area contributed by atoms with Crippen molar-refractivity contribution >= 4 is 48.0 Å². The van der Waals surface area contributed by atoms with Crippen LogP contribution in [-0.2, 0) is 23.2 Å². The first-order valence-corrected chi connectivity index (χ1v) is 16.0. The molecule has 4 nitrogen and oxygen atoms in total. The minimum absolute atomic E-state index is 0.142. The van der Waals surface area contributed by atoms with Gasteiger partial charge in [0.15, 0.2) is 0 Å². The molecule has 1 aliphatic rings. The molecule has 1 unspecified atom stereocenters. The molecule has 0 aliphatic carbocycles. The van der Waals surface area contributed by atoms with E-state index in [0.29, 0.717) is 5.75 Å². The number of hydrogen-bond acceptors (Lipinski definition) is 4. The second-order valence-electron chi connectivity index (χ2n) is 11.8. The molecule has 1 heterocycles. The average Bonchev–Trinajstić information content (AvgIpc) is 2.96. The number of carbonyl (C=O) groups is 1. The Morgan fingerprint density at radius 2 is 1.72 bits per heavy atom. The molecule has 0 aromatic heterocycles. The van der Waals surface area contributed by atoms with Gasteiger partial charge in [0.2, 0.25) is 0 Å². The van der Waals surface area contributed by atoms with Crippen molar-refractivity contribution < 1.29 is 15.0 Å². The third-order valence-electron chi connectivity index (χ3n) is 6.91. The predicted octanol–water partition coefficient (Wildman–Crippen LogP) is 9.71. The second-order valence-corrected chi connectivity index (χ2v) is 12.6. The zero-order valence-electron chi connectivity index (χ0n) is 26.4. The first kappa shape index (κ1) is 36.2. The number of halogens is 1. The first-order valence-electron chi connectivity index (χ1n) is 15.0. The van der Waals surface area contributed by atoms with Gasteiger partial charge in [-0.1, -0.05) is 118 Å². The van der Waals surface area contributed by atoms with Crippen molar-refractivity contribution in [1.82, 2.24) is 0 Å². The Labute approximate surface area is 269 Å². The molecule has 3 N–H and O–H groups in total. The molecule has 43 heavy (non-hydrogen) atoms. The Bertz CT molecular complexity index is 1370. The highest BCUT2D eigenvalue weighted by Gasteiger charge is 2.20. The molecule has 1 aliphatic heterocycles. The molecule has 0 bridgehead atoms. The molecule has 0 amide bonds. The molecule has 0 fully saturated rings. The fourth-order valence-electron chi connectivity index (χ4n) is 4.70. The van der Waals surface area contributed by atoms with Crippen molar-refractivity contribution in [3.05, 3.63) is 112 Å². The largest absolute Gasteiger partial charge is 0.481 e. The van der Waals surface area contributed by atoms with Crippen LogP contribution < -0.4 is 5.32 Å². The van der Waals surface area contributed by atoms with Gasteiger partial charge in [-0.25, -0.2) is 0 Å². The number of carboxylic acids is 1. The highest BCUT2D eigenvalue weighted by Crippen LogP contribution is 2.28. The Hall–Kier alpha value is -2.99. The topological polar surface area (TPSA) is 69.6 Å². The van der Waals surface area contributed by atoms with Gasteiger partial charge in [-0.2, -0.15) is 12.6 Å². The number of anilines is 1. The molecule has 1 atom stereocenters. The van der Waals surface area contributed by atoms with Gasteiger partial charge in [0.1, 0.15) is 0 Å². The second kappa shape index (κ2) is 17.3. The summed E-state index contributed by atoms with van der Waals surface area (Å²) >= 11 is 10.1. The van der Waals surface area contributed by atoms with E-state index >= 15 is 0 Å². The number of benzene rings is 3. The number of hydrogen-bond donors (Lipinski definition) is 4.